The molecular weight excluding hydrogens is 242 g/mol. The SMILES string of the molecule is CC1CN(Cc2cc(C#CCCO)cs2)CC1C. The quantitative estimate of drug-likeness (QED) is 0.847. The lowest BCUT2D eigenvalue weighted by atomic mass is 10.0. The standard InChI is InChI=1S/C15H21NOS/c1-12-8-16(9-13(12)2)10-15-7-14(11-18-15)5-3-4-6-17/h7,11-13,17H,4,6,8-10H2,1-2H3. The third-order valence-electron chi connectivity index (χ3n) is 3.57. The second kappa shape index (κ2) is 6.38. The fraction of sp³-hybridized carbons (Fsp3) is 0.600. The van der Waals surface area contributed by atoms with E-state index in [1.54, 1.807) is 11.3 Å². The molecule has 2 rings (SSSR count). The van der Waals surface area contributed by atoms with Crippen LogP contribution in [0.3, 0.4) is 0 Å². The molecule has 0 bridgehead atoms. The highest BCUT2D eigenvalue weighted by Crippen LogP contribution is 2.25. The molecule has 0 aromatic carbocycles. The Kier molecular flexibility index (Phi) is 4.82. The molecule has 2 nitrogen and oxygen atoms in total. The van der Waals surface area contributed by atoms with Gasteiger partial charge in [0.1, 0.15) is 0 Å². The first-order chi connectivity index (χ1) is 8.69. The van der Waals surface area contributed by atoms with E-state index in [0.29, 0.717) is 6.42 Å². The topological polar surface area (TPSA) is 23.5 Å². The van der Waals surface area contributed by atoms with Gasteiger partial charge in [-0.3, -0.25) is 4.90 Å². The van der Waals surface area contributed by atoms with Gasteiger partial charge in [0.25, 0.3) is 0 Å². The van der Waals surface area contributed by atoms with E-state index in [4.69, 9.17) is 5.11 Å². The molecule has 2 atom stereocenters. The van der Waals surface area contributed by atoms with Crippen LogP contribution in [0.2, 0.25) is 0 Å². The van der Waals surface area contributed by atoms with E-state index in [0.717, 1.165) is 23.9 Å². The monoisotopic (exact) mass is 263 g/mol. The van der Waals surface area contributed by atoms with Crippen molar-refractivity contribution in [3.05, 3.63) is 21.9 Å². The third kappa shape index (κ3) is 3.58. The van der Waals surface area contributed by atoms with Crippen LogP contribution in [0.15, 0.2) is 11.4 Å². The smallest absolute Gasteiger partial charge is 0.0540 e. The Morgan fingerprint density at radius 2 is 2.11 bits per heavy atom. The Morgan fingerprint density at radius 3 is 2.78 bits per heavy atom. The second-order valence-electron chi connectivity index (χ2n) is 5.23. The molecule has 1 fully saturated rings. The van der Waals surface area contributed by atoms with E-state index in [-0.39, 0.29) is 6.61 Å². The van der Waals surface area contributed by atoms with Crippen LogP contribution in [-0.2, 0) is 6.54 Å². The van der Waals surface area contributed by atoms with Crippen molar-refractivity contribution in [3.8, 4) is 11.8 Å². The van der Waals surface area contributed by atoms with Crippen molar-refractivity contribution in [1.82, 2.24) is 4.90 Å². The van der Waals surface area contributed by atoms with E-state index >= 15 is 0 Å². The molecule has 3 heteroatoms. The van der Waals surface area contributed by atoms with Crippen LogP contribution in [-0.4, -0.2) is 29.7 Å². The molecule has 2 unspecified atom stereocenters. The molecule has 2 heterocycles. The van der Waals surface area contributed by atoms with Crippen molar-refractivity contribution in [3.63, 3.8) is 0 Å². The summed E-state index contributed by atoms with van der Waals surface area (Å²) in [6.07, 6.45) is 0.562. The van der Waals surface area contributed by atoms with Crippen molar-refractivity contribution in [2.24, 2.45) is 11.8 Å². The first kappa shape index (κ1) is 13.6. The van der Waals surface area contributed by atoms with Gasteiger partial charge in [-0.1, -0.05) is 25.7 Å². The van der Waals surface area contributed by atoms with Crippen LogP contribution >= 0.6 is 11.3 Å². The van der Waals surface area contributed by atoms with Gasteiger partial charge in [0.05, 0.1) is 6.61 Å². The summed E-state index contributed by atoms with van der Waals surface area (Å²) in [5.41, 5.74) is 1.09. The Hall–Kier alpha value is -0.820. The fourth-order valence-corrected chi connectivity index (χ4v) is 3.21. The zero-order valence-corrected chi connectivity index (χ0v) is 12.0. The lowest BCUT2D eigenvalue weighted by molar-refractivity contribution is 0.305. The first-order valence-electron chi connectivity index (χ1n) is 6.58. The highest BCUT2D eigenvalue weighted by molar-refractivity contribution is 7.10. The van der Waals surface area contributed by atoms with Crippen molar-refractivity contribution < 1.29 is 5.11 Å². The van der Waals surface area contributed by atoms with Crippen molar-refractivity contribution in [2.75, 3.05) is 19.7 Å². The molecule has 1 aromatic rings. The predicted molar refractivity (Wildman–Crippen MR) is 76.5 cm³/mol. The van der Waals surface area contributed by atoms with Crippen LogP contribution in [0.1, 0.15) is 30.7 Å². The minimum absolute atomic E-state index is 0.146. The molecule has 0 amide bonds. The minimum atomic E-state index is 0.146. The van der Waals surface area contributed by atoms with E-state index < -0.39 is 0 Å². The van der Waals surface area contributed by atoms with Gasteiger partial charge in [0.2, 0.25) is 0 Å². The number of likely N-dealkylation sites (tertiary alicyclic amines) is 1. The summed E-state index contributed by atoms with van der Waals surface area (Å²) in [7, 11) is 0. The van der Waals surface area contributed by atoms with Gasteiger partial charge in [-0.25, -0.2) is 0 Å². The number of hydrogen-bond donors (Lipinski definition) is 1. The van der Waals surface area contributed by atoms with Gasteiger partial charge < -0.3 is 5.11 Å². The molecule has 1 N–H and O–H groups in total. The molecule has 1 aliphatic rings. The van der Waals surface area contributed by atoms with Crippen molar-refractivity contribution >= 4 is 11.3 Å². The molecule has 1 aliphatic heterocycles. The number of rotatable bonds is 3. The number of thiophene rings is 1. The van der Waals surface area contributed by atoms with Gasteiger partial charge in [0.15, 0.2) is 0 Å². The summed E-state index contributed by atoms with van der Waals surface area (Å²) in [5, 5.41) is 10.8. The fourth-order valence-electron chi connectivity index (χ4n) is 2.35. The van der Waals surface area contributed by atoms with Crippen LogP contribution < -0.4 is 0 Å². The summed E-state index contributed by atoms with van der Waals surface area (Å²) in [5.74, 6) is 7.68. The zero-order valence-electron chi connectivity index (χ0n) is 11.1. The molecule has 0 radical (unpaired) electrons. The summed E-state index contributed by atoms with van der Waals surface area (Å²) in [4.78, 5) is 3.93. The molecule has 0 spiro atoms. The highest BCUT2D eigenvalue weighted by Gasteiger charge is 2.25. The Morgan fingerprint density at radius 1 is 1.39 bits per heavy atom. The summed E-state index contributed by atoms with van der Waals surface area (Å²) in [6, 6.07) is 2.18. The summed E-state index contributed by atoms with van der Waals surface area (Å²) >= 11 is 1.79. The van der Waals surface area contributed by atoms with Crippen LogP contribution in [0.25, 0.3) is 0 Å². The molecule has 1 saturated heterocycles. The molecule has 0 saturated carbocycles. The van der Waals surface area contributed by atoms with E-state index in [9.17, 15) is 0 Å². The minimum Gasteiger partial charge on any atom is -0.395 e. The Bertz CT molecular complexity index is 433. The Labute approximate surface area is 114 Å². The average Bonchev–Trinajstić information content (AvgIpc) is 2.88. The van der Waals surface area contributed by atoms with Crippen LogP contribution in [0.5, 0.6) is 0 Å². The maximum absolute atomic E-state index is 8.68. The molecular formula is C15H21NOS. The third-order valence-corrected chi connectivity index (χ3v) is 4.49. The van der Waals surface area contributed by atoms with Crippen LogP contribution in [0.4, 0.5) is 0 Å². The summed E-state index contributed by atoms with van der Waals surface area (Å²) in [6.45, 7) is 8.31. The number of aliphatic hydroxyl groups excluding tert-OH is 1. The molecule has 18 heavy (non-hydrogen) atoms. The molecule has 1 aromatic heterocycles. The number of nitrogens with zero attached hydrogens (tertiary/aromatic N) is 1. The van der Waals surface area contributed by atoms with Crippen molar-refractivity contribution in [1.29, 1.82) is 0 Å². The van der Waals surface area contributed by atoms with Gasteiger partial charge in [-0.05, 0) is 17.9 Å². The van der Waals surface area contributed by atoms with Crippen molar-refractivity contribution in [2.45, 2.75) is 26.8 Å². The molecule has 98 valence electrons. The second-order valence-corrected chi connectivity index (χ2v) is 6.22. The number of aliphatic hydroxyl groups is 1. The lowest BCUT2D eigenvalue weighted by Gasteiger charge is -2.13. The summed E-state index contributed by atoms with van der Waals surface area (Å²) < 4.78 is 0. The number of hydrogen-bond acceptors (Lipinski definition) is 3. The maximum atomic E-state index is 8.68. The van der Waals surface area contributed by atoms with Gasteiger partial charge in [0, 0.05) is 41.9 Å². The average molecular weight is 263 g/mol. The molecule has 0 aliphatic carbocycles. The zero-order chi connectivity index (χ0) is 13.0. The van der Waals surface area contributed by atoms with Crippen LogP contribution in [0, 0.1) is 23.7 Å². The van der Waals surface area contributed by atoms with Gasteiger partial charge in [-0.2, -0.15) is 0 Å². The van der Waals surface area contributed by atoms with Gasteiger partial charge in [-0.15, -0.1) is 11.3 Å². The Balaban J connectivity index is 1.90. The largest absolute Gasteiger partial charge is 0.395 e. The maximum Gasteiger partial charge on any atom is 0.0540 e. The van der Waals surface area contributed by atoms with E-state index in [2.05, 4.69) is 42.0 Å². The van der Waals surface area contributed by atoms with E-state index in [1.807, 2.05) is 0 Å². The van der Waals surface area contributed by atoms with E-state index in [1.165, 1.54) is 18.0 Å². The first-order valence-corrected chi connectivity index (χ1v) is 7.46. The van der Waals surface area contributed by atoms with Gasteiger partial charge >= 0.3 is 0 Å². The normalized spacial score (nSPS) is 23.9. The highest BCUT2D eigenvalue weighted by atomic mass is 32.1. The predicted octanol–water partition coefficient (Wildman–Crippen LogP) is 2.57. The lowest BCUT2D eigenvalue weighted by Crippen LogP contribution is -2.19.